The molecule has 14 heavy (non-hydrogen) atoms. The summed E-state index contributed by atoms with van der Waals surface area (Å²) >= 11 is 0. The molecule has 0 aromatic carbocycles. The first-order valence-corrected chi connectivity index (χ1v) is 5.43. The van der Waals surface area contributed by atoms with E-state index < -0.39 is 18.3 Å². The molecule has 4 heteroatoms. The Hall–Kier alpha value is -0.220. The van der Waals surface area contributed by atoms with Gasteiger partial charge in [-0.1, -0.05) is 6.42 Å². The Labute approximate surface area is 83.0 Å². The molecule has 1 N–H and O–H groups in total. The molecular formula is C10H17F2NO. The summed E-state index contributed by atoms with van der Waals surface area (Å²) in [6.45, 7) is 0.662. The van der Waals surface area contributed by atoms with E-state index in [4.69, 9.17) is 4.74 Å². The summed E-state index contributed by atoms with van der Waals surface area (Å²) < 4.78 is 30.5. The van der Waals surface area contributed by atoms with Crippen LogP contribution < -0.4 is 5.32 Å². The first-order valence-electron chi connectivity index (χ1n) is 5.43. The lowest BCUT2D eigenvalue weighted by Gasteiger charge is -2.44. The fraction of sp³-hybridized carbons (Fsp3) is 1.00. The normalized spacial score (nSPS) is 32.4. The van der Waals surface area contributed by atoms with Crippen LogP contribution in [0.15, 0.2) is 0 Å². The second-order valence-electron chi connectivity index (χ2n) is 4.26. The molecule has 1 unspecified atom stereocenters. The molecule has 1 heterocycles. The highest BCUT2D eigenvalue weighted by Gasteiger charge is 2.40. The third-order valence-electron chi connectivity index (χ3n) is 3.20. The third-order valence-corrected chi connectivity index (χ3v) is 3.20. The summed E-state index contributed by atoms with van der Waals surface area (Å²) in [5.74, 6) is 0. The molecule has 2 rings (SSSR count). The maximum absolute atomic E-state index is 12.5. The molecule has 2 nitrogen and oxygen atoms in total. The first kappa shape index (κ1) is 10.3. The largest absolute Gasteiger partial charge is 0.351 e. The van der Waals surface area contributed by atoms with E-state index in [2.05, 4.69) is 5.32 Å². The topological polar surface area (TPSA) is 21.3 Å². The number of ether oxygens (including phenoxy) is 1. The Bertz CT molecular complexity index is 187. The second kappa shape index (κ2) is 4.11. The summed E-state index contributed by atoms with van der Waals surface area (Å²) in [5, 5.41) is 3.26. The van der Waals surface area contributed by atoms with Gasteiger partial charge in [0.05, 0.1) is 0 Å². The monoisotopic (exact) mass is 205 g/mol. The van der Waals surface area contributed by atoms with Crippen molar-refractivity contribution in [3.8, 4) is 0 Å². The third kappa shape index (κ3) is 2.06. The minimum Gasteiger partial charge on any atom is -0.351 e. The van der Waals surface area contributed by atoms with Crippen LogP contribution in [0.25, 0.3) is 0 Å². The van der Waals surface area contributed by atoms with Crippen molar-refractivity contribution in [2.45, 2.75) is 56.8 Å². The van der Waals surface area contributed by atoms with Crippen molar-refractivity contribution in [2.75, 3.05) is 6.54 Å². The zero-order valence-corrected chi connectivity index (χ0v) is 8.27. The summed E-state index contributed by atoms with van der Waals surface area (Å²) in [7, 11) is 0. The molecule has 1 aliphatic heterocycles. The molecule has 1 spiro atoms. The standard InChI is InChI=1S/C10H17F2NO/c11-9(12)8-4-7-13-10(14-8)5-2-1-3-6-10/h8-9,13H,1-7H2. The van der Waals surface area contributed by atoms with Crippen LogP contribution in [0.4, 0.5) is 8.78 Å². The van der Waals surface area contributed by atoms with Crippen LogP contribution in [0.3, 0.4) is 0 Å². The molecule has 0 amide bonds. The summed E-state index contributed by atoms with van der Waals surface area (Å²) in [6.07, 6.45) is 2.38. The van der Waals surface area contributed by atoms with Crippen LogP contribution in [-0.2, 0) is 4.74 Å². The maximum Gasteiger partial charge on any atom is 0.264 e. The zero-order chi connectivity index (χ0) is 10.0. The van der Waals surface area contributed by atoms with Crippen molar-refractivity contribution in [1.82, 2.24) is 5.32 Å². The second-order valence-corrected chi connectivity index (χ2v) is 4.26. The summed E-state index contributed by atoms with van der Waals surface area (Å²) in [6, 6.07) is 0. The van der Waals surface area contributed by atoms with Crippen molar-refractivity contribution in [2.24, 2.45) is 0 Å². The van der Waals surface area contributed by atoms with Crippen LogP contribution in [0.1, 0.15) is 38.5 Å². The number of nitrogens with one attached hydrogen (secondary N) is 1. The maximum atomic E-state index is 12.5. The van der Waals surface area contributed by atoms with E-state index in [-0.39, 0.29) is 0 Å². The Kier molecular flexibility index (Phi) is 3.02. The molecule has 82 valence electrons. The van der Waals surface area contributed by atoms with E-state index in [1.165, 1.54) is 6.42 Å². The molecule has 0 aromatic rings. The summed E-state index contributed by atoms with van der Waals surface area (Å²) in [4.78, 5) is 0. The number of hydrogen-bond acceptors (Lipinski definition) is 2. The van der Waals surface area contributed by atoms with Gasteiger partial charge in [-0.3, -0.25) is 5.32 Å². The molecular weight excluding hydrogens is 188 g/mol. The van der Waals surface area contributed by atoms with Gasteiger partial charge in [-0.25, -0.2) is 8.78 Å². The molecule has 1 saturated heterocycles. The van der Waals surface area contributed by atoms with Crippen molar-refractivity contribution in [3.63, 3.8) is 0 Å². The highest BCUT2D eigenvalue weighted by atomic mass is 19.3. The van der Waals surface area contributed by atoms with E-state index in [1.807, 2.05) is 0 Å². The molecule has 1 saturated carbocycles. The van der Waals surface area contributed by atoms with Crippen LogP contribution in [0.5, 0.6) is 0 Å². The molecule has 0 radical (unpaired) electrons. The predicted octanol–water partition coefficient (Wildman–Crippen LogP) is 2.29. The summed E-state index contributed by atoms with van der Waals surface area (Å²) in [5.41, 5.74) is -0.419. The van der Waals surface area contributed by atoms with Crippen molar-refractivity contribution in [1.29, 1.82) is 0 Å². The van der Waals surface area contributed by atoms with Crippen molar-refractivity contribution >= 4 is 0 Å². The average Bonchev–Trinajstić information content (AvgIpc) is 2.19. The van der Waals surface area contributed by atoms with Crippen LogP contribution in [0, 0.1) is 0 Å². The number of alkyl halides is 2. The lowest BCUT2D eigenvalue weighted by atomic mass is 9.90. The van der Waals surface area contributed by atoms with Gasteiger partial charge in [0, 0.05) is 6.54 Å². The van der Waals surface area contributed by atoms with E-state index >= 15 is 0 Å². The van der Waals surface area contributed by atoms with E-state index in [0.717, 1.165) is 25.7 Å². The average molecular weight is 205 g/mol. The molecule has 0 aromatic heterocycles. The molecule has 2 aliphatic rings. The first-order chi connectivity index (χ1) is 6.72. The lowest BCUT2D eigenvalue weighted by molar-refractivity contribution is -0.196. The Morgan fingerprint density at radius 1 is 1.21 bits per heavy atom. The molecule has 1 atom stereocenters. The van der Waals surface area contributed by atoms with Gasteiger partial charge in [0.1, 0.15) is 11.8 Å². The van der Waals surface area contributed by atoms with Crippen molar-refractivity contribution < 1.29 is 13.5 Å². The van der Waals surface area contributed by atoms with Crippen molar-refractivity contribution in [3.05, 3.63) is 0 Å². The van der Waals surface area contributed by atoms with Gasteiger partial charge < -0.3 is 4.74 Å². The van der Waals surface area contributed by atoms with Gasteiger partial charge in [0.25, 0.3) is 6.43 Å². The minimum atomic E-state index is -2.34. The van der Waals surface area contributed by atoms with Gasteiger partial charge in [0.15, 0.2) is 0 Å². The van der Waals surface area contributed by atoms with Gasteiger partial charge >= 0.3 is 0 Å². The number of hydrogen-bond donors (Lipinski definition) is 1. The highest BCUT2D eigenvalue weighted by molar-refractivity contribution is 4.87. The van der Waals surface area contributed by atoms with Crippen LogP contribution in [-0.4, -0.2) is 24.8 Å². The molecule has 0 bridgehead atoms. The molecule has 2 fully saturated rings. The van der Waals surface area contributed by atoms with Gasteiger partial charge in [0.2, 0.25) is 0 Å². The van der Waals surface area contributed by atoms with Crippen LogP contribution in [0.2, 0.25) is 0 Å². The van der Waals surface area contributed by atoms with Gasteiger partial charge in [-0.05, 0) is 32.1 Å². The fourth-order valence-corrected chi connectivity index (χ4v) is 2.43. The highest BCUT2D eigenvalue weighted by Crippen LogP contribution is 2.34. The Morgan fingerprint density at radius 3 is 2.57 bits per heavy atom. The van der Waals surface area contributed by atoms with Gasteiger partial charge in [-0.2, -0.15) is 0 Å². The van der Waals surface area contributed by atoms with Gasteiger partial charge in [-0.15, -0.1) is 0 Å². The quantitative estimate of drug-likeness (QED) is 0.709. The SMILES string of the molecule is FC(F)C1CCNC2(CCCCC2)O1. The van der Waals surface area contributed by atoms with E-state index in [9.17, 15) is 8.78 Å². The smallest absolute Gasteiger partial charge is 0.264 e. The Balaban J connectivity index is 1.97. The fourth-order valence-electron chi connectivity index (χ4n) is 2.43. The minimum absolute atomic E-state index is 0.419. The van der Waals surface area contributed by atoms with Crippen LogP contribution >= 0.6 is 0 Å². The zero-order valence-electron chi connectivity index (χ0n) is 8.27. The number of rotatable bonds is 1. The number of halogens is 2. The lowest BCUT2D eigenvalue weighted by Crippen LogP contribution is -2.57. The van der Waals surface area contributed by atoms with E-state index in [0.29, 0.717) is 13.0 Å². The van der Waals surface area contributed by atoms with E-state index in [1.54, 1.807) is 0 Å². The predicted molar refractivity (Wildman–Crippen MR) is 49.3 cm³/mol. The Morgan fingerprint density at radius 2 is 1.93 bits per heavy atom. The molecule has 1 aliphatic carbocycles.